The molecule has 3 atom stereocenters. The number of amides is 1. The summed E-state index contributed by atoms with van der Waals surface area (Å²) >= 11 is 0. The molecule has 0 saturated carbocycles. The van der Waals surface area contributed by atoms with E-state index in [1.54, 1.807) is 0 Å². The Hall–Kier alpha value is -4.11. The lowest BCUT2D eigenvalue weighted by Crippen LogP contribution is -2.47. The van der Waals surface area contributed by atoms with Crippen LogP contribution in [-0.4, -0.2) is 69.4 Å². The molecule has 0 aliphatic heterocycles. The second kappa shape index (κ2) is 58.1. The molecule has 0 radical (unpaired) electrons. The van der Waals surface area contributed by atoms with E-state index in [1.165, 1.54) is 51.4 Å². The van der Waals surface area contributed by atoms with Gasteiger partial charge in [-0.25, -0.2) is 0 Å². The molecule has 1 N–H and O–H groups in total. The molecule has 0 heterocycles. The van der Waals surface area contributed by atoms with E-state index in [9.17, 15) is 19.0 Å². The van der Waals surface area contributed by atoms with Crippen molar-refractivity contribution in [2.45, 2.75) is 245 Å². The Morgan fingerprint density at radius 3 is 1.21 bits per heavy atom. The maximum Gasteiger partial charge on any atom is 0.306 e. The van der Waals surface area contributed by atoms with Crippen LogP contribution in [0.25, 0.3) is 0 Å². The van der Waals surface area contributed by atoms with Crippen molar-refractivity contribution in [3.05, 3.63) is 146 Å². The minimum atomic E-state index is -4.73. The number of carbonyl (C=O) groups is 2. The van der Waals surface area contributed by atoms with E-state index in [0.29, 0.717) is 23.9 Å². The van der Waals surface area contributed by atoms with Crippen LogP contribution in [0.2, 0.25) is 0 Å². The van der Waals surface area contributed by atoms with Gasteiger partial charge in [0.05, 0.1) is 33.8 Å². The first-order valence-electron chi connectivity index (χ1n) is 31.6. The molecule has 9 nitrogen and oxygen atoms in total. The van der Waals surface area contributed by atoms with Crippen molar-refractivity contribution in [1.29, 1.82) is 0 Å². The third kappa shape index (κ3) is 58.5. The second-order valence-electron chi connectivity index (χ2n) is 21.8. The first-order valence-corrected chi connectivity index (χ1v) is 33.1. The molecule has 10 heteroatoms. The second-order valence-corrected chi connectivity index (χ2v) is 23.2. The van der Waals surface area contributed by atoms with Crippen molar-refractivity contribution in [1.82, 2.24) is 5.32 Å². The van der Waals surface area contributed by atoms with Gasteiger partial charge in [-0.3, -0.25) is 14.2 Å². The van der Waals surface area contributed by atoms with Gasteiger partial charge in [0.2, 0.25) is 5.91 Å². The van der Waals surface area contributed by atoms with Crippen LogP contribution in [0.3, 0.4) is 0 Å². The van der Waals surface area contributed by atoms with E-state index in [1.807, 2.05) is 33.3 Å². The number of esters is 1. The zero-order chi connectivity index (χ0) is 58.6. The number of carbonyl (C=O) groups excluding carboxylic acids is 2. The first-order chi connectivity index (χ1) is 38.9. The van der Waals surface area contributed by atoms with Crippen molar-refractivity contribution < 1.29 is 37.3 Å². The Bertz CT molecular complexity index is 1880. The van der Waals surface area contributed by atoms with Gasteiger partial charge in [-0.15, -0.1) is 0 Å². The Morgan fingerprint density at radius 1 is 0.450 bits per heavy atom. The zero-order valence-electron chi connectivity index (χ0n) is 51.7. The molecule has 1 amide bonds. The molecule has 3 unspecified atom stereocenters. The van der Waals surface area contributed by atoms with Gasteiger partial charge in [0.15, 0.2) is 0 Å². The number of rotatable bonds is 55. The summed E-state index contributed by atoms with van der Waals surface area (Å²) in [5.41, 5.74) is 0. The number of allylic oxidation sites excluding steroid dienone is 23. The highest BCUT2D eigenvalue weighted by atomic mass is 31.2. The summed E-state index contributed by atoms with van der Waals surface area (Å²) in [4.78, 5) is 40.0. The smallest absolute Gasteiger partial charge is 0.306 e. The minimum Gasteiger partial charge on any atom is -0.756 e. The van der Waals surface area contributed by atoms with Crippen LogP contribution in [0, 0.1) is 0 Å². The summed E-state index contributed by atoms with van der Waals surface area (Å²) in [5.74, 6) is -0.626. The van der Waals surface area contributed by atoms with Crippen LogP contribution in [-0.2, 0) is 27.9 Å². The van der Waals surface area contributed by atoms with Gasteiger partial charge in [0, 0.05) is 12.8 Å². The Morgan fingerprint density at radius 2 is 0.800 bits per heavy atom. The van der Waals surface area contributed by atoms with E-state index < -0.39 is 26.6 Å². The van der Waals surface area contributed by atoms with Crippen molar-refractivity contribution in [3.63, 3.8) is 0 Å². The van der Waals surface area contributed by atoms with Crippen LogP contribution in [0.4, 0.5) is 0 Å². The molecular formula is C70H117N2O7P. The lowest BCUT2D eigenvalue weighted by atomic mass is 10.1. The third-order valence-corrected chi connectivity index (χ3v) is 14.0. The van der Waals surface area contributed by atoms with Crippen molar-refractivity contribution >= 4 is 19.7 Å². The molecule has 454 valence electrons. The summed E-state index contributed by atoms with van der Waals surface area (Å²) in [7, 11) is 1.12. The van der Waals surface area contributed by atoms with Gasteiger partial charge in [-0.1, -0.05) is 238 Å². The van der Waals surface area contributed by atoms with E-state index in [4.69, 9.17) is 13.8 Å². The van der Waals surface area contributed by atoms with Crippen LogP contribution in [0.5, 0.6) is 0 Å². The van der Waals surface area contributed by atoms with Crippen molar-refractivity contribution in [2.24, 2.45) is 0 Å². The average Bonchev–Trinajstić information content (AvgIpc) is 3.42. The normalized spacial score (nSPS) is 14.6. The largest absolute Gasteiger partial charge is 0.756 e. The van der Waals surface area contributed by atoms with Crippen LogP contribution < -0.4 is 10.2 Å². The number of nitrogens with one attached hydrogen (secondary N) is 1. The number of unbranched alkanes of at least 4 members (excludes halogenated alkanes) is 17. The highest BCUT2D eigenvalue weighted by Gasteiger charge is 2.27. The summed E-state index contributed by atoms with van der Waals surface area (Å²) in [6, 6.07) is -0.931. The summed E-state index contributed by atoms with van der Waals surface area (Å²) in [6.07, 6.45) is 83.9. The summed E-state index contributed by atoms with van der Waals surface area (Å²) < 4.78 is 30.3. The van der Waals surface area contributed by atoms with Crippen LogP contribution in [0.1, 0.15) is 233 Å². The fourth-order valence-electron chi connectivity index (χ4n) is 8.20. The summed E-state index contributed by atoms with van der Waals surface area (Å²) in [5, 5.41) is 3.00. The van der Waals surface area contributed by atoms with E-state index in [0.717, 1.165) is 135 Å². The molecule has 0 aliphatic carbocycles. The quantitative estimate of drug-likeness (QED) is 0.0212. The molecule has 0 aromatic heterocycles. The number of ether oxygens (including phenoxy) is 1. The topological polar surface area (TPSA) is 114 Å². The molecule has 0 aliphatic rings. The zero-order valence-corrected chi connectivity index (χ0v) is 52.6. The van der Waals surface area contributed by atoms with Gasteiger partial charge in [0.25, 0.3) is 7.82 Å². The lowest BCUT2D eigenvalue weighted by Gasteiger charge is -2.30. The summed E-state index contributed by atoms with van der Waals surface area (Å²) in [6.45, 7) is 6.54. The minimum absolute atomic E-state index is 0.0430. The standard InChI is InChI=1S/C70H117N2O7P/c1-7-10-13-16-19-22-25-28-30-32-34-36-38-40-42-44-47-50-53-56-59-62-69(73)71-67(66-78-80(75,76)77-65-64-72(4,5)6)68(61-58-55-52-49-46-27-24-21-18-15-12-9-3)79-70(74)63-60-57-54-51-48-45-43-41-39-37-35-33-31-29-26-23-20-17-14-11-8-2/h10-11,13-14,19-20,22-23,28-31,34-37,40-43,47,50,58,61,67-68H,7-9,12,15-18,21,24-27,32-33,38-39,44-46,48-49,51-57,59-60,62-66H2,1-6H3,(H-,71,73,75,76)/b13-10-,14-11-,22-19-,23-20-,30-28-,31-29-,36-34-,37-35-,42-40-,43-41-,50-47-,61-58+. The predicted molar refractivity (Wildman–Crippen MR) is 343 cm³/mol. The highest BCUT2D eigenvalue weighted by molar-refractivity contribution is 7.45. The molecule has 0 bridgehead atoms. The third-order valence-electron chi connectivity index (χ3n) is 13.0. The molecule has 80 heavy (non-hydrogen) atoms. The molecule has 0 rings (SSSR count). The number of hydrogen-bond donors (Lipinski definition) is 1. The van der Waals surface area contributed by atoms with E-state index in [-0.39, 0.29) is 31.3 Å². The van der Waals surface area contributed by atoms with Crippen molar-refractivity contribution in [3.8, 4) is 0 Å². The lowest BCUT2D eigenvalue weighted by molar-refractivity contribution is -0.870. The van der Waals surface area contributed by atoms with Gasteiger partial charge in [-0.2, -0.15) is 0 Å². The molecular weight excluding hydrogens is 1010 g/mol. The molecule has 0 aromatic rings. The first kappa shape index (κ1) is 75.9. The maximum atomic E-state index is 13.5. The van der Waals surface area contributed by atoms with Gasteiger partial charge in [0.1, 0.15) is 19.3 Å². The maximum absolute atomic E-state index is 13.5. The van der Waals surface area contributed by atoms with Gasteiger partial charge in [-0.05, 0) is 128 Å². The molecule has 0 spiro atoms. The highest BCUT2D eigenvalue weighted by Crippen LogP contribution is 2.38. The monoisotopic (exact) mass is 1130 g/mol. The number of likely N-dealkylation sites (N-methyl/N-ethyl adjacent to an activating group) is 1. The van der Waals surface area contributed by atoms with Gasteiger partial charge < -0.3 is 28.5 Å². The number of phosphoric ester groups is 1. The molecule has 0 aromatic carbocycles. The molecule has 0 saturated heterocycles. The molecule has 0 fully saturated rings. The fourth-order valence-corrected chi connectivity index (χ4v) is 8.92. The van der Waals surface area contributed by atoms with Crippen LogP contribution >= 0.6 is 7.82 Å². The van der Waals surface area contributed by atoms with Crippen LogP contribution in [0.15, 0.2) is 146 Å². The Balaban J connectivity index is 5.37. The Kier molecular flexibility index (Phi) is 55.1. The van der Waals surface area contributed by atoms with Gasteiger partial charge >= 0.3 is 5.97 Å². The fraction of sp³-hybridized carbons (Fsp3) is 0.629. The average molecular weight is 1130 g/mol. The number of nitrogens with zero attached hydrogens (tertiary/aromatic N) is 1. The SMILES string of the molecule is CC/C=C\C/C=C\C/C=C\C/C=C\C/C=C\C/C=C\CCCCC(=O)NC(COP(=O)([O-])OCC[N+](C)(C)C)C(/C=C/CCCCCCCCCCCC)OC(=O)CCCCCCC/C=C\C/C=C\C/C=C\C/C=C\C/C=C\CC. The number of phosphoric acid groups is 1. The number of hydrogen-bond acceptors (Lipinski definition) is 7. The van der Waals surface area contributed by atoms with E-state index >= 15 is 0 Å². The number of quaternary nitrogens is 1. The Labute approximate surface area is 491 Å². The predicted octanol–water partition coefficient (Wildman–Crippen LogP) is 19.2. The van der Waals surface area contributed by atoms with E-state index in [2.05, 4.69) is 160 Å². The van der Waals surface area contributed by atoms with Crippen molar-refractivity contribution in [2.75, 3.05) is 40.9 Å².